The number of nitrogens with zero attached hydrogens (tertiary/aromatic N) is 3. The maximum absolute atomic E-state index is 13.3. The quantitative estimate of drug-likeness (QED) is 0.824. The SMILES string of the molecule is O=C(c1ccc(=O)[nH]n1)N1CCCC(O)(CN2CCC(F)(F)CC2)CC1. The molecule has 9 heteroatoms. The fourth-order valence-electron chi connectivity index (χ4n) is 3.62. The van der Waals surface area contributed by atoms with Gasteiger partial charge in [0.25, 0.3) is 17.4 Å². The first kappa shape index (κ1) is 18.9. The van der Waals surface area contributed by atoms with Crippen molar-refractivity contribution in [1.29, 1.82) is 0 Å². The highest BCUT2D eigenvalue weighted by Crippen LogP contribution is 2.30. The van der Waals surface area contributed by atoms with E-state index in [0.717, 1.165) is 0 Å². The van der Waals surface area contributed by atoms with Gasteiger partial charge in [0.05, 0.1) is 5.60 Å². The number of carbonyl (C=O) groups excluding carboxylic acids is 1. The summed E-state index contributed by atoms with van der Waals surface area (Å²) < 4.78 is 26.6. The molecule has 0 bridgehead atoms. The highest BCUT2D eigenvalue weighted by molar-refractivity contribution is 5.92. The zero-order valence-corrected chi connectivity index (χ0v) is 14.6. The molecule has 2 saturated heterocycles. The molecular formula is C17H24F2N4O3. The van der Waals surface area contributed by atoms with Crippen molar-refractivity contribution < 1.29 is 18.7 Å². The van der Waals surface area contributed by atoms with Crippen molar-refractivity contribution in [2.24, 2.45) is 0 Å². The van der Waals surface area contributed by atoms with Crippen LogP contribution in [0, 0.1) is 0 Å². The first-order valence-corrected chi connectivity index (χ1v) is 8.94. The fourth-order valence-corrected chi connectivity index (χ4v) is 3.62. The van der Waals surface area contributed by atoms with Crippen molar-refractivity contribution in [1.82, 2.24) is 20.0 Å². The topological polar surface area (TPSA) is 89.5 Å². The second kappa shape index (κ2) is 7.40. The van der Waals surface area contributed by atoms with E-state index in [0.29, 0.717) is 38.9 Å². The minimum absolute atomic E-state index is 0.160. The molecule has 7 nitrogen and oxygen atoms in total. The molecule has 3 heterocycles. The van der Waals surface area contributed by atoms with Gasteiger partial charge in [-0.15, -0.1) is 0 Å². The molecule has 1 unspecified atom stereocenters. The lowest BCUT2D eigenvalue weighted by Gasteiger charge is -2.37. The van der Waals surface area contributed by atoms with Crippen molar-refractivity contribution in [3.63, 3.8) is 0 Å². The van der Waals surface area contributed by atoms with Crippen LogP contribution in [0.25, 0.3) is 0 Å². The number of aromatic nitrogens is 2. The van der Waals surface area contributed by atoms with Gasteiger partial charge >= 0.3 is 0 Å². The van der Waals surface area contributed by atoms with Gasteiger partial charge in [0, 0.05) is 51.6 Å². The average molecular weight is 370 g/mol. The molecule has 2 aliphatic heterocycles. The summed E-state index contributed by atoms with van der Waals surface area (Å²) in [4.78, 5) is 27.1. The Hall–Kier alpha value is -1.87. The number of likely N-dealkylation sites (tertiary alicyclic amines) is 2. The van der Waals surface area contributed by atoms with E-state index in [2.05, 4.69) is 10.2 Å². The number of aliphatic hydroxyl groups is 1. The zero-order valence-electron chi connectivity index (χ0n) is 14.6. The van der Waals surface area contributed by atoms with E-state index in [1.54, 1.807) is 4.90 Å². The van der Waals surface area contributed by atoms with Crippen molar-refractivity contribution in [3.05, 3.63) is 28.2 Å². The molecule has 3 rings (SSSR count). The molecule has 2 N–H and O–H groups in total. The van der Waals surface area contributed by atoms with Gasteiger partial charge in [0.15, 0.2) is 0 Å². The van der Waals surface area contributed by atoms with E-state index >= 15 is 0 Å². The molecule has 2 aliphatic rings. The second-order valence-corrected chi connectivity index (χ2v) is 7.31. The van der Waals surface area contributed by atoms with Gasteiger partial charge in [-0.3, -0.25) is 9.59 Å². The number of rotatable bonds is 3. The summed E-state index contributed by atoms with van der Waals surface area (Å²) in [5.41, 5.74) is -1.20. The molecule has 0 radical (unpaired) electrons. The molecule has 2 fully saturated rings. The van der Waals surface area contributed by atoms with E-state index in [9.17, 15) is 23.5 Å². The summed E-state index contributed by atoms with van der Waals surface area (Å²) in [5, 5.41) is 16.9. The third-order valence-corrected chi connectivity index (χ3v) is 5.21. The van der Waals surface area contributed by atoms with E-state index in [1.807, 2.05) is 4.90 Å². The fraction of sp³-hybridized carbons (Fsp3) is 0.706. The summed E-state index contributed by atoms with van der Waals surface area (Å²) in [6.45, 7) is 1.75. The second-order valence-electron chi connectivity index (χ2n) is 7.31. The summed E-state index contributed by atoms with van der Waals surface area (Å²) >= 11 is 0. The Morgan fingerprint density at radius 2 is 1.88 bits per heavy atom. The Balaban J connectivity index is 1.58. The Kier molecular flexibility index (Phi) is 5.38. The molecule has 0 saturated carbocycles. The molecule has 0 spiro atoms. The first-order chi connectivity index (χ1) is 12.3. The van der Waals surface area contributed by atoms with Crippen LogP contribution in [0.5, 0.6) is 0 Å². The smallest absolute Gasteiger partial charge is 0.274 e. The Morgan fingerprint density at radius 3 is 2.54 bits per heavy atom. The highest BCUT2D eigenvalue weighted by atomic mass is 19.3. The molecule has 1 aromatic rings. The summed E-state index contributed by atoms with van der Waals surface area (Å²) in [5.74, 6) is -2.89. The van der Waals surface area contributed by atoms with Gasteiger partial charge in [-0.1, -0.05) is 0 Å². The monoisotopic (exact) mass is 370 g/mol. The van der Waals surface area contributed by atoms with Crippen LogP contribution in [0.3, 0.4) is 0 Å². The number of aromatic amines is 1. The lowest BCUT2D eigenvalue weighted by Crippen LogP contribution is -2.48. The van der Waals surface area contributed by atoms with Gasteiger partial charge in [-0.05, 0) is 25.3 Å². The van der Waals surface area contributed by atoms with Crippen molar-refractivity contribution >= 4 is 5.91 Å². The van der Waals surface area contributed by atoms with Crippen molar-refractivity contribution in [3.8, 4) is 0 Å². The lowest BCUT2D eigenvalue weighted by atomic mass is 9.93. The summed E-state index contributed by atoms with van der Waals surface area (Å²) in [7, 11) is 0. The van der Waals surface area contributed by atoms with Crippen LogP contribution in [-0.4, -0.2) is 75.3 Å². The number of hydrogen-bond donors (Lipinski definition) is 2. The van der Waals surface area contributed by atoms with Crippen LogP contribution in [-0.2, 0) is 0 Å². The normalized spacial score (nSPS) is 27.1. The molecule has 0 aromatic carbocycles. The minimum atomic E-state index is -2.60. The number of carbonyl (C=O) groups is 1. The zero-order chi connectivity index (χ0) is 18.8. The third kappa shape index (κ3) is 4.64. The van der Waals surface area contributed by atoms with E-state index in [4.69, 9.17) is 0 Å². The van der Waals surface area contributed by atoms with E-state index in [1.165, 1.54) is 12.1 Å². The van der Waals surface area contributed by atoms with Gasteiger partial charge < -0.3 is 14.9 Å². The third-order valence-electron chi connectivity index (χ3n) is 5.21. The summed E-state index contributed by atoms with van der Waals surface area (Å²) in [6, 6.07) is 2.63. The Labute approximate surface area is 150 Å². The predicted octanol–water partition coefficient (Wildman–Crippen LogP) is 0.858. The Bertz CT molecular complexity index is 681. The van der Waals surface area contributed by atoms with Crippen LogP contribution < -0.4 is 5.56 Å². The average Bonchev–Trinajstić information content (AvgIpc) is 2.79. The predicted molar refractivity (Wildman–Crippen MR) is 90.2 cm³/mol. The van der Waals surface area contributed by atoms with Crippen LogP contribution in [0.4, 0.5) is 8.78 Å². The number of hydrogen-bond acceptors (Lipinski definition) is 5. The van der Waals surface area contributed by atoms with Gasteiger partial charge in [-0.25, -0.2) is 13.9 Å². The van der Waals surface area contributed by atoms with Gasteiger partial charge in [-0.2, -0.15) is 5.10 Å². The Morgan fingerprint density at radius 1 is 1.15 bits per heavy atom. The number of amides is 1. The number of H-pyrrole nitrogens is 1. The van der Waals surface area contributed by atoms with Crippen LogP contribution in [0.2, 0.25) is 0 Å². The van der Waals surface area contributed by atoms with Crippen LogP contribution >= 0.6 is 0 Å². The minimum Gasteiger partial charge on any atom is -0.388 e. The van der Waals surface area contributed by atoms with Crippen LogP contribution in [0.1, 0.15) is 42.6 Å². The molecule has 1 atom stereocenters. The standard InChI is InChI=1S/C17H24F2N4O3/c18-17(19)6-9-22(10-7-17)12-16(26)4-1-8-23(11-5-16)15(25)13-2-3-14(24)21-20-13/h2-3,26H,1,4-12H2,(H,21,24). The van der Waals surface area contributed by atoms with Gasteiger partial charge in [0.2, 0.25) is 0 Å². The number of nitrogens with one attached hydrogen (secondary N) is 1. The lowest BCUT2D eigenvalue weighted by molar-refractivity contribution is -0.0768. The number of β-amino-alcohol motifs (C(OH)–C–C–N with tert-alkyl or cyclic N) is 1. The summed E-state index contributed by atoms with van der Waals surface area (Å²) in [6.07, 6.45) is 1.17. The maximum atomic E-state index is 13.3. The largest absolute Gasteiger partial charge is 0.388 e. The van der Waals surface area contributed by atoms with Crippen molar-refractivity contribution in [2.75, 3.05) is 32.7 Å². The molecule has 0 aliphatic carbocycles. The van der Waals surface area contributed by atoms with E-state index < -0.39 is 11.5 Å². The molecule has 144 valence electrons. The first-order valence-electron chi connectivity index (χ1n) is 8.94. The molecule has 1 aromatic heterocycles. The maximum Gasteiger partial charge on any atom is 0.274 e. The molecule has 1 amide bonds. The van der Waals surface area contributed by atoms with Crippen molar-refractivity contribution in [2.45, 2.75) is 43.6 Å². The van der Waals surface area contributed by atoms with Gasteiger partial charge in [0.1, 0.15) is 5.69 Å². The molecular weight excluding hydrogens is 346 g/mol. The highest BCUT2D eigenvalue weighted by Gasteiger charge is 2.38. The van der Waals surface area contributed by atoms with E-state index in [-0.39, 0.29) is 43.1 Å². The molecule has 26 heavy (non-hydrogen) atoms. The number of piperidine rings is 1. The number of alkyl halides is 2. The number of halogens is 2. The van der Waals surface area contributed by atoms with Crippen LogP contribution in [0.15, 0.2) is 16.9 Å².